The summed E-state index contributed by atoms with van der Waals surface area (Å²) in [6.45, 7) is 2.13. The first-order chi connectivity index (χ1) is 12.2. The summed E-state index contributed by atoms with van der Waals surface area (Å²) in [7, 11) is 0. The summed E-state index contributed by atoms with van der Waals surface area (Å²) >= 11 is 5.95. The van der Waals surface area contributed by atoms with Crippen LogP contribution in [0.4, 0.5) is 5.69 Å². The highest BCUT2D eigenvalue weighted by Gasteiger charge is 2.22. The fourth-order valence-electron chi connectivity index (χ4n) is 3.26. The topological polar surface area (TPSA) is 56.1 Å². The Morgan fingerprint density at radius 2 is 1.92 bits per heavy atom. The standard InChI is InChI=1S/C20H20ClN3O/c21-18-7-6-17(13-22)19(12-18)23-20(25)14-24-10-8-16(9-11-24)15-4-2-1-3-5-15/h1-7,12,16H,8-11,14H2,(H,23,25). The third kappa shape index (κ3) is 4.60. The Kier molecular flexibility index (Phi) is 5.70. The van der Waals surface area contributed by atoms with Crippen LogP contribution >= 0.6 is 11.6 Å². The number of nitriles is 1. The van der Waals surface area contributed by atoms with Gasteiger partial charge >= 0.3 is 0 Å². The molecule has 2 aromatic rings. The Morgan fingerprint density at radius 3 is 2.60 bits per heavy atom. The molecule has 5 heteroatoms. The quantitative estimate of drug-likeness (QED) is 0.902. The normalized spacial score (nSPS) is 15.5. The maximum atomic E-state index is 12.3. The fraction of sp³-hybridized carbons (Fsp3) is 0.300. The Hall–Kier alpha value is -2.35. The predicted octanol–water partition coefficient (Wildman–Crippen LogP) is 4.03. The maximum absolute atomic E-state index is 12.3. The van der Waals surface area contributed by atoms with Crippen LogP contribution in [0.2, 0.25) is 5.02 Å². The van der Waals surface area contributed by atoms with Gasteiger partial charge in [0, 0.05) is 5.02 Å². The highest BCUT2D eigenvalue weighted by atomic mass is 35.5. The molecule has 1 fully saturated rings. The van der Waals surface area contributed by atoms with Gasteiger partial charge in [-0.25, -0.2) is 0 Å². The van der Waals surface area contributed by atoms with Crippen molar-refractivity contribution >= 4 is 23.2 Å². The SMILES string of the molecule is N#Cc1ccc(Cl)cc1NC(=O)CN1CCC(c2ccccc2)CC1. The zero-order valence-corrected chi connectivity index (χ0v) is 14.7. The van der Waals surface area contributed by atoms with Crippen LogP contribution < -0.4 is 5.32 Å². The summed E-state index contributed by atoms with van der Waals surface area (Å²) in [5.74, 6) is 0.454. The summed E-state index contributed by atoms with van der Waals surface area (Å²) in [5.41, 5.74) is 2.27. The van der Waals surface area contributed by atoms with Crippen LogP contribution in [-0.4, -0.2) is 30.4 Å². The Bertz CT molecular complexity index is 777. The fourth-order valence-corrected chi connectivity index (χ4v) is 3.43. The van der Waals surface area contributed by atoms with Crippen molar-refractivity contribution in [2.24, 2.45) is 0 Å². The molecule has 0 aromatic heterocycles. The van der Waals surface area contributed by atoms with Crippen molar-refractivity contribution in [1.29, 1.82) is 5.26 Å². The predicted molar refractivity (Wildman–Crippen MR) is 99.7 cm³/mol. The lowest BCUT2D eigenvalue weighted by Crippen LogP contribution is -2.38. The number of likely N-dealkylation sites (tertiary alicyclic amines) is 1. The average molecular weight is 354 g/mol. The second-order valence-electron chi connectivity index (χ2n) is 6.31. The molecule has 0 unspecified atom stereocenters. The largest absolute Gasteiger partial charge is 0.324 e. The number of hydrogen-bond donors (Lipinski definition) is 1. The van der Waals surface area contributed by atoms with Crippen LogP contribution in [0.1, 0.15) is 29.9 Å². The van der Waals surface area contributed by atoms with Gasteiger partial charge in [-0.1, -0.05) is 41.9 Å². The summed E-state index contributed by atoms with van der Waals surface area (Å²) < 4.78 is 0. The number of rotatable bonds is 4. The van der Waals surface area contributed by atoms with E-state index in [0.717, 1.165) is 25.9 Å². The van der Waals surface area contributed by atoms with E-state index in [-0.39, 0.29) is 5.91 Å². The van der Waals surface area contributed by atoms with Crippen molar-refractivity contribution in [2.45, 2.75) is 18.8 Å². The van der Waals surface area contributed by atoms with Crippen LogP contribution in [0.25, 0.3) is 0 Å². The molecule has 1 amide bonds. The van der Waals surface area contributed by atoms with Crippen LogP contribution in [-0.2, 0) is 4.79 Å². The third-order valence-corrected chi connectivity index (χ3v) is 4.84. The Balaban J connectivity index is 1.53. The molecule has 128 valence electrons. The van der Waals surface area contributed by atoms with E-state index in [0.29, 0.717) is 28.7 Å². The summed E-state index contributed by atoms with van der Waals surface area (Å²) in [6, 6.07) is 17.5. The van der Waals surface area contributed by atoms with Crippen molar-refractivity contribution in [2.75, 3.05) is 25.0 Å². The lowest BCUT2D eigenvalue weighted by atomic mass is 9.89. The minimum absolute atomic E-state index is 0.114. The third-order valence-electron chi connectivity index (χ3n) is 4.60. The molecular formula is C20H20ClN3O. The lowest BCUT2D eigenvalue weighted by Gasteiger charge is -2.31. The molecule has 2 aromatic carbocycles. The van der Waals surface area contributed by atoms with Gasteiger partial charge in [0.15, 0.2) is 0 Å². The number of carbonyl (C=O) groups excluding carboxylic acids is 1. The van der Waals surface area contributed by atoms with Crippen LogP contribution in [0, 0.1) is 11.3 Å². The van der Waals surface area contributed by atoms with Crippen LogP contribution in [0.15, 0.2) is 48.5 Å². The van der Waals surface area contributed by atoms with Crippen LogP contribution in [0.5, 0.6) is 0 Å². The van der Waals surface area contributed by atoms with Crippen molar-refractivity contribution in [3.8, 4) is 6.07 Å². The molecule has 25 heavy (non-hydrogen) atoms. The highest BCUT2D eigenvalue weighted by molar-refractivity contribution is 6.31. The van der Waals surface area contributed by atoms with E-state index in [9.17, 15) is 4.79 Å². The molecular weight excluding hydrogens is 334 g/mol. The molecule has 0 radical (unpaired) electrons. The second-order valence-corrected chi connectivity index (χ2v) is 6.75. The van der Waals surface area contributed by atoms with Crippen molar-refractivity contribution in [3.05, 3.63) is 64.7 Å². The monoisotopic (exact) mass is 353 g/mol. The van der Waals surface area contributed by atoms with Gasteiger partial charge in [0.1, 0.15) is 6.07 Å². The van der Waals surface area contributed by atoms with Crippen LogP contribution in [0.3, 0.4) is 0 Å². The zero-order valence-electron chi connectivity index (χ0n) is 13.9. The number of piperidine rings is 1. The van der Waals surface area contributed by atoms with E-state index in [1.807, 2.05) is 6.07 Å². The van der Waals surface area contributed by atoms with Gasteiger partial charge in [-0.15, -0.1) is 0 Å². The highest BCUT2D eigenvalue weighted by Crippen LogP contribution is 2.27. The van der Waals surface area contributed by atoms with Gasteiger partial charge in [-0.3, -0.25) is 9.69 Å². The number of nitrogens with zero attached hydrogens (tertiary/aromatic N) is 2. The molecule has 3 rings (SSSR count). The molecule has 1 aliphatic rings. The van der Waals surface area contributed by atoms with Gasteiger partial charge in [0.2, 0.25) is 5.91 Å². The summed E-state index contributed by atoms with van der Waals surface area (Å²) in [5, 5.41) is 12.4. The van der Waals surface area contributed by atoms with Crippen molar-refractivity contribution < 1.29 is 4.79 Å². The van der Waals surface area contributed by atoms with Gasteiger partial charge in [0.25, 0.3) is 0 Å². The summed E-state index contributed by atoms with van der Waals surface area (Å²) in [4.78, 5) is 14.5. The number of carbonyl (C=O) groups is 1. The Morgan fingerprint density at radius 1 is 1.20 bits per heavy atom. The smallest absolute Gasteiger partial charge is 0.238 e. The van der Waals surface area contributed by atoms with E-state index in [2.05, 4.69) is 40.6 Å². The van der Waals surface area contributed by atoms with Gasteiger partial charge in [-0.05, 0) is 55.6 Å². The van der Waals surface area contributed by atoms with Gasteiger partial charge < -0.3 is 5.32 Å². The molecule has 0 atom stereocenters. The zero-order chi connectivity index (χ0) is 17.6. The molecule has 0 saturated carbocycles. The maximum Gasteiger partial charge on any atom is 0.238 e. The molecule has 0 aliphatic carbocycles. The number of amides is 1. The summed E-state index contributed by atoms with van der Waals surface area (Å²) in [6.07, 6.45) is 2.11. The van der Waals surface area contributed by atoms with Gasteiger partial charge in [0.05, 0.1) is 17.8 Å². The van der Waals surface area contributed by atoms with E-state index in [1.54, 1.807) is 18.2 Å². The minimum Gasteiger partial charge on any atom is -0.324 e. The van der Waals surface area contributed by atoms with E-state index < -0.39 is 0 Å². The average Bonchev–Trinajstić information content (AvgIpc) is 2.63. The van der Waals surface area contributed by atoms with Crippen molar-refractivity contribution in [3.63, 3.8) is 0 Å². The first-order valence-electron chi connectivity index (χ1n) is 8.42. The van der Waals surface area contributed by atoms with E-state index in [4.69, 9.17) is 16.9 Å². The number of hydrogen-bond acceptors (Lipinski definition) is 3. The molecule has 0 spiro atoms. The van der Waals surface area contributed by atoms with Crippen molar-refractivity contribution in [1.82, 2.24) is 4.90 Å². The first kappa shape index (κ1) is 17.5. The number of anilines is 1. The van der Waals surface area contributed by atoms with Gasteiger partial charge in [-0.2, -0.15) is 5.26 Å². The minimum atomic E-state index is -0.114. The van der Waals surface area contributed by atoms with E-state index >= 15 is 0 Å². The second kappa shape index (κ2) is 8.15. The number of nitrogens with one attached hydrogen (secondary N) is 1. The number of benzene rings is 2. The lowest BCUT2D eigenvalue weighted by molar-refractivity contribution is -0.117. The molecule has 1 aliphatic heterocycles. The molecule has 1 N–H and O–H groups in total. The van der Waals surface area contributed by atoms with E-state index in [1.165, 1.54) is 5.56 Å². The Labute approximate surface area is 153 Å². The first-order valence-corrected chi connectivity index (χ1v) is 8.80. The number of halogens is 1. The molecule has 0 bridgehead atoms. The molecule has 1 saturated heterocycles. The molecule has 1 heterocycles. The molecule has 4 nitrogen and oxygen atoms in total.